The zero-order chi connectivity index (χ0) is 18.7. The molecule has 1 saturated heterocycles. The van der Waals surface area contributed by atoms with E-state index in [4.69, 9.17) is 9.66 Å². The predicted molar refractivity (Wildman–Crippen MR) is 59.6 cm³/mol. The molecule has 138 valence electrons. The Kier molecular flexibility index (Phi) is 6.77. The standard InChI is InChI=1S/C4HF7O2.C4H10N2O3S/c5-2(6,1(12)13)3(7,8)4(9,10)11;7-10(8,9)6-3-1-5-2-4-6/h(H,12,13);5H,1-4H2,(H,7,8,9). The van der Waals surface area contributed by atoms with Crippen LogP contribution >= 0.6 is 0 Å². The van der Waals surface area contributed by atoms with Crippen molar-refractivity contribution in [1.29, 1.82) is 0 Å². The topological polar surface area (TPSA) is 107 Å². The minimum absolute atomic E-state index is 0.360. The van der Waals surface area contributed by atoms with E-state index in [1.807, 2.05) is 0 Å². The van der Waals surface area contributed by atoms with Crippen molar-refractivity contribution in [3.8, 4) is 0 Å². The number of carbonyl (C=O) groups is 1. The van der Waals surface area contributed by atoms with Crippen molar-refractivity contribution in [3.05, 3.63) is 0 Å². The summed E-state index contributed by atoms with van der Waals surface area (Å²) in [6, 6.07) is 0. The van der Waals surface area contributed by atoms with Crippen LogP contribution in [0.15, 0.2) is 0 Å². The Balaban J connectivity index is 0.000000433. The molecule has 0 spiro atoms. The number of hydrogen-bond acceptors (Lipinski definition) is 4. The number of nitrogens with zero attached hydrogens (tertiary/aromatic N) is 1. The lowest BCUT2D eigenvalue weighted by atomic mass is 10.1. The second kappa shape index (κ2) is 7.14. The number of hydrogen-bond donors (Lipinski definition) is 3. The van der Waals surface area contributed by atoms with Gasteiger partial charge in [-0.2, -0.15) is 43.5 Å². The highest BCUT2D eigenvalue weighted by atomic mass is 32.2. The average Bonchev–Trinajstić information content (AvgIpc) is 2.37. The summed E-state index contributed by atoms with van der Waals surface area (Å²) < 4.78 is 111. The molecule has 0 amide bonds. The molecule has 0 atom stereocenters. The zero-order valence-corrected chi connectivity index (χ0v) is 11.8. The highest BCUT2D eigenvalue weighted by Gasteiger charge is 2.76. The summed E-state index contributed by atoms with van der Waals surface area (Å²) in [4.78, 5) is 9.38. The van der Waals surface area contributed by atoms with Gasteiger partial charge in [0.05, 0.1) is 0 Å². The Labute approximate surface area is 124 Å². The number of piperazine rings is 1. The van der Waals surface area contributed by atoms with Crippen LogP contribution in [0.3, 0.4) is 0 Å². The molecule has 1 rings (SSSR count). The molecule has 0 radical (unpaired) electrons. The van der Waals surface area contributed by atoms with E-state index in [1.165, 1.54) is 0 Å². The molecule has 0 unspecified atom stereocenters. The second-order valence-electron chi connectivity index (χ2n) is 4.08. The van der Waals surface area contributed by atoms with Crippen LogP contribution in [0, 0.1) is 0 Å². The minimum atomic E-state index is -6.60. The van der Waals surface area contributed by atoms with Gasteiger partial charge in [-0.1, -0.05) is 0 Å². The lowest BCUT2D eigenvalue weighted by Gasteiger charge is -2.24. The fourth-order valence-electron chi connectivity index (χ4n) is 1.19. The van der Waals surface area contributed by atoms with Gasteiger partial charge in [0.15, 0.2) is 0 Å². The minimum Gasteiger partial charge on any atom is -0.477 e. The molecule has 1 aliphatic rings. The molecule has 1 fully saturated rings. The van der Waals surface area contributed by atoms with Crippen LogP contribution in [0.5, 0.6) is 0 Å². The molecule has 0 aromatic heterocycles. The Morgan fingerprint density at radius 1 is 1.00 bits per heavy atom. The third kappa shape index (κ3) is 5.43. The van der Waals surface area contributed by atoms with E-state index < -0.39 is 34.3 Å². The third-order valence-corrected chi connectivity index (χ3v) is 3.44. The van der Waals surface area contributed by atoms with Gasteiger partial charge < -0.3 is 10.4 Å². The number of rotatable bonds is 3. The van der Waals surface area contributed by atoms with Crippen molar-refractivity contribution in [2.45, 2.75) is 18.0 Å². The Bertz CT molecular complexity index is 515. The van der Waals surface area contributed by atoms with Crippen LogP contribution in [0.2, 0.25) is 0 Å². The predicted octanol–water partition coefficient (Wildman–Crippen LogP) is 0.598. The number of nitrogens with one attached hydrogen (secondary N) is 1. The van der Waals surface area contributed by atoms with E-state index in [0.29, 0.717) is 26.2 Å². The van der Waals surface area contributed by atoms with E-state index >= 15 is 0 Å². The lowest BCUT2D eigenvalue weighted by molar-refractivity contribution is -0.347. The summed E-state index contributed by atoms with van der Waals surface area (Å²) >= 11 is 0. The summed E-state index contributed by atoms with van der Waals surface area (Å²) in [6.07, 6.45) is -6.60. The normalized spacial score (nSPS) is 18.1. The molecule has 1 aliphatic heterocycles. The number of carboxylic acid groups (broad SMARTS) is 1. The van der Waals surface area contributed by atoms with Crippen LogP contribution < -0.4 is 5.32 Å². The summed E-state index contributed by atoms with van der Waals surface area (Å²) in [6.45, 7) is 1.94. The summed E-state index contributed by atoms with van der Waals surface area (Å²) in [5.41, 5.74) is 0. The molecule has 0 aromatic rings. The van der Waals surface area contributed by atoms with Gasteiger partial charge in [0, 0.05) is 26.2 Å². The van der Waals surface area contributed by atoms with Crippen LogP contribution in [-0.4, -0.2) is 72.6 Å². The fourth-order valence-corrected chi connectivity index (χ4v) is 1.83. The van der Waals surface area contributed by atoms with Gasteiger partial charge in [-0.15, -0.1) is 0 Å². The maximum Gasteiger partial charge on any atom is 0.460 e. The summed E-state index contributed by atoms with van der Waals surface area (Å²) in [7, 11) is -3.93. The van der Waals surface area contributed by atoms with Crippen LogP contribution in [-0.2, 0) is 15.1 Å². The molecule has 23 heavy (non-hydrogen) atoms. The molecular weight excluding hydrogens is 369 g/mol. The van der Waals surface area contributed by atoms with Gasteiger partial charge in [-0.25, -0.2) is 4.79 Å². The molecule has 15 heteroatoms. The number of carboxylic acids is 1. The van der Waals surface area contributed by atoms with Gasteiger partial charge >= 0.3 is 34.3 Å². The van der Waals surface area contributed by atoms with Gasteiger partial charge in [-0.05, 0) is 0 Å². The van der Waals surface area contributed by atoms with E-state index in [2.05, 4.69) is 5.32 Å². The van der Waals surface area contributed by atoms with E-state index in [0.717, 1.165) is 4.31 Å². The molecule has 7 nitrogen and oxygen atoms in total. The lowest BCUT2D eigenvalue weighted by Crippen LogP contribution is -2.56. The molecule has 0 aliphatic carbocycles. The highest BCUT2D eigenvalue weighted by molar-refractivity contribution is 7.83. The molecule has 0 saturated carbocycles. The van der Waals surface area contributed by atoms with E-state index in [9.17, 15) is 43.9 Å². The third-order valence-electron chi connectivity index (χ3n) is 2.42. The van der Waals surface area contributed by atoms with Crippen molar-refractivity contribution in [3.63, 3.8) is 0 Å². The average molecular weight is 380 g/mol. The van der Waals surface area contributed by atoms with Gasteiger partial charge in [0.1, 0.15) is 0 Å². The van der Waals surface area contributed by atoms with E-state index in [1.54, 1.807) is 0 Å². The number of halogens is 7. The SMILES string of the molecule is O=C(O)C(F)(F)C(F)(F)C(F)(F)F.O=S(=O)(O)N1CCNCC1. The van der Waals surface area contributed by atoms with Crippen molar-refractivity contribution in [2.75, 3.05) is 26.2 Å². The Morgan fingerprint density at radius 3 is 1.57 bits per heavy atom. The second-order valence-corrected chi connectivity index (χ2v) is 5.49. The van der Waals surface area contributed by atoms with Crippen LogP contribution in [0.4, 0.5) is 30.7 Å². The summed E-state index contributed by atoms with van der Waals surface area (Å²) in [5, 5.41) is 10.4. The van der Waals surface area contributed by atoms with Gasteiger partial charge in [0.2, 0.25) is 0 Å². The van der Waals surface area contributed by atoms with Crippen LogP contribution in [0.25, 0.3) is 0 Å². The fraction of sp³-hybridized carbons (Fsp3) is 0.875. The largest absolute Gasteiger partial charge is 0.477 e. The smallest absolute Gasteiger partial charge is 0.460 e. The quantitative estimate of drug-likeness (QED) is 0.489. The number of alkyl halides is 7. The maximum absolute atomic E-state index is 11.8. The number of aliphatic carboxylic acids is 1. The first-order valence-corrected chi connectivity index (χ1v) is 6.94. The zero-order valence-electron chi connectivity index (χ0n) is 10.9. The van der Waals surface area contributed by atoms with Crippen LogP contribution in [0.1, 0.15) is 0 Å². The van der Waals surface area contributed by atoms with E-state index in [-0.39, 0.29) is 0 Å². The molecule has 3 N–H and O–H groups in total. The van der Waals surface area contributed by atoms with Gasteiger partial charge in [0.25, 0.3) is 0 Å². The Morgan fingerprint density at radius 2 is 1.39 bits per heavy atom. The van der Waals surface area contributed by atoms with Crippen molar-refractivity contribution in [2.24, 2.45) is 0 Å². The van der Waals surface area contributed by atoms with Gasteiger partial charge in [-0.3, -0.25) is 4.55 Å². The maximum atomic E-state index is 11.8. The first-order chi connectivity index (χ1) is 10.0. The highest BCUT2D eigenvalue weighted by Crippen LogP contribution is 2.46. The molecule has 0 bridgehead atoms. The van der Waals surface area contributed by atoms with Crippen molar-refractivity contribution < 1.29 is 53.6 Å². The monoisotopic (exact) mass is 380 g/mol. The van der Waals surface area contributed by atoms with Crippen molar-refractivity contribution >= 4 is 16.3 Å². The molecule has 1 heterocycles. The Hall–Kier alpha value is -1.19. The summed E-state index contributed by atoms with van der Waals surface area (Å²) in [5.74, 6) is -16.3. The first-order valence-electron chi connectivity index (χ1n) is 5.54. The van der Waals surface area contributed by atoms with Crippen molar-refractivity contribution in [1.82, 2.24) is 9.62 Å². The molecule has 0 aromatic carbocycles. The molecular formula is C8H11F7N2O5S. The first kappa shape index (κ1) is 21.8.